The van der Waals surface area contributed by atoms with E-state index in [2.05, 4.69) is 59.7 Å². The van der Waals surface area contributed by atoms with Crippen molar-refractivity contribution in [3.05, 3.63) is 310 Å². The summed E-state index contributed by atoms with van der Waals surface area (Å²) >= 11 is 0. The molecule has 1 aromatic heterocycles. The van der Waals surface area contributed by atoms with Crippen LogP contribution in [0.15, 0.2) is 254 Å². The summed E-state index contributed by atoms with van der Waals surface area (Å²) in [7, 11) is 0. The summed E-state index contributed by atoms with van der Waals surface area (Å²) in [4.78, 5) is 3.19. The summed E-state index contributed by atoms with van der Waals surface area (Å²) in [5, 5.41) is -0.872. The SMILES string of the molecule is [2H]c1c([2H])c([2H])c(-c2ccc3c(c2)N(c2c(-c4c([2H])c([2H])c(C(C)(C)C)c([2H])c4[2H])c([2H])c(C(C)(C)C)c([2H])c2-c2c(C(C)(C)C)c([2H])c([2H])c([2H])c2C(C)(C)C)c2cc(-n4c5c([2H])c([2H])c([2H])c([2H])c5c5c([2H])c([2H])c([2H])c([2H])c54)cc4c2B3c2ccc(-c3cc(C(C)(C)C)cc(C(C)(C)C)c3)cc2N4c2c(-c3c([2H])c([2H])c(C(C)(C)C)c([2H])c3[2H])c([2H])c(C(C)(C)C)c([2H])c2-c2c([2H])c([2H])c(C(C)(C)C)c([2H])c2C(C)(C)C)c([2H])c1[2H]. The Bertz CT molecular complexity index is 8210. The monoisotopic (exact) mass is 1630 g/mol. The molecule has 0 N–H and O–H groups in total. The van der Waals surface area contributed by atoms with E-state index in [9.17, 15) is 41.1 Å². The van der Waals surface area contributed by atoms with Crippen LogP contribution in [-0.2, 0) is 54.1 Å². The quantitative estimate of drug-likeness (QED) is 0.133. The molecule has 2 aliphatic heterocycles. The topological polar surface area (TPSA) is 11.4 Å². The van der Waals surface area contributed by atoms with Gasteiger partial charge in [-0.1, -0.05) is 401 Å². The maximum atomic E-state index is 11.9. The minimum atomic E-state index is -1.46. The van der Waals surface area contributed by atoms with Crippen molar-refractivity contribution in [1.29, 1.82) is 0 Å². The molecule has 0 amide bonds. The first-order valence-corrected chi connectivity index (χ1v) is 42.5. The number of rotatable bonds is 9. The molecule has 2 aliphatic rings. The van der Waals surface area contributed by atoms with Crippen molar-refractivity contribution in [3.63, 3.8) is 0 Å². The van der Waals surface area contributed by atoms with Crippen molar-refractivity contribution in [2.45, 2.75) is 262 Å². The summed E-state index contributed by atoms with van der Waals surface area (Å²) in [6.45, 7) is 53.2. The first-order chi connectivity index (χ1) is 69.8. The molecular formula is C118H132BN3. The maximum Gasteiger partial charge on any atom is 0.252 e. The lowest BCUT2D eigenvalue weighted by Crippen LogP contribution is -2.61. The van der Waals surface area contributed by atoms with Gasteiger partial charge in [-0.15, -0.1) is 0 Å². The van der Waals surface area contributed by atoms with E-state index in [-0.39, 0.29) is 134 Å². The Hall–Kier alpha value is -10.7. The van der Waals surface area contributed by atoms with Crippen molar-refractivity contribution in [2.24, 2.45) is 0 Å². The number of aromatic nitrogens is 1. The first kappa shape index (κ1) is 54.7. The minimum absolute atomic E-state index is 0.0231. The fourth-order valence-electron chi connectivity index (χ4n) is 16.6. The highest BCUT2D eigenvalue weighted by Crippen LogP contribution is 2.59. The molecule has 0 fully saturated rings. The third-order valence-corrected chi connectivity index (χ3v) is 23.5. The molecule has 0 unspecified atom stereocenters. The lowest BCUT2D eigenvalue weighted by molar-refractivity contribution is 0.568. The largest absolute Gasteiger partial charge is 0.310 e. The second kappa shape index (κ2) is 29.5. The molecule has 0 atom stereocenters. The molecule has 0 spiro atoms. The van der Waals surface area contributed by atoms with Crippen LogP contribution < -0.4 is 26.2 Å². The van der Waals surface area contributed by atoms with E-state index in [1.807, 2.05) is 39.0 Å². The number of benzene rings is 13. The summed E-state index contributed by atoms with van der Waals surface area (Å²) in [6.07, 6.45) is 0. The van der Waals surface area contributed by atoms with Crippen LogP contribution in [0.1, 0.15) is 306 Å². The standard InChI is InChI=1S/C118H132BN3/c1-109(2,3)79-53-47-74(48-54-79)90-66-84(114(16,17)18)68-92(87-58-57-81(111(7,8)9)70-96(87)118(28,29)30)107(90)121-102-64-77(78-61-82(112(10,11)12)65-83(62-78)113(13,14)15)52-60-98(102)119-97-59-51-76(73-39-32-31-33-40-73)63-101(97)122(104-72-86(71-103(121)106(104)119)120-99-45-36-34-41-88(99)89-42-35-37-46-100(89)120)108-91(75-49-55-80(56-50-75)110(4,5)6)67-85(115(19,20)21)69-93(108)105-94(116(22,23)24)43-38-44-95(105)117(25,26)27/h31-72H,1-30H3/i31D,32D,33D,34D,35D,36D,37D,38D,39D,40D,41D,42D,43D,44D,45D,46D,47D,48D,49D,50D,53D,54D,55D,56D,57D,58D,66D,67D,68D,69D,70D. The number of fused-ring (bicyclic) bond motifs is 7. The van der Waals surface area contributed by atoms with Gasteiger partial charge in [0.25, 0.3) is 6.71 Å². The molecule has 14 aromatic rings. The van der Waals surface area contributed by atoms with E-state index in [1.54, 1.807) is 173 Å². The minimum Gasteiger partial charge on any atom is -0.310 e. The normalized spacial score (nSPS) is 17.3. The number of hydrogen-bond donors (Lipinski definition) is 0. The van der Waals surface area contributed by atoms with Crippen LogP contribution >= 0.6 is 0 Å². The summed E-state index contributed by atoms with van der Waals surface area (Å²) in [6, 6.07) is -0.720. The van der Waals surface area contributed by atoms with Gasteiger partial charge in [-0.05, 0) is 231 Å². The highest BCUT2D eigenvalue weighted by molar-refractivity contribution is 7.00. The fraction of sp³-hybridized carbons (Fsp3) is 0.339. The molecule has 0 saturated heterocycles. The molecule has 622 valence electrons. The third kappa shape index (κ3) is 15.4. The molecule has 13 aromatic carbocycles. The van der Waals surface area contributed by atoms with Crippen LogP contribution in [0.2, 0.25) is 0 Å². The number of nitrogens with zero attached hydrogens (tertiary/aromatic N) is 3. The number of para-hydroxylation sites is 2. The van der Waals surface area contributed by atoms with Gasteiger partial charge < -0.3 is 14.4 Å². The Balaban J connectivity index is 1.37. The Morgan fingerprint density at radius 3 is 1.04 bits per heavy atom. The van der Waals surface area contributed by atoms with Gasteiger partial charge in [-0.3, -0.25) is 0 Å². The van der Waals surface area contributed by atoms with Crippen molar-refractivity contribution in [2.75, 3.05) is 9.80 Å². The average Bonchev–Trinajstić information content (AvgIpc) is 1.53. The van der Waals surface area contributed by atoms with Crippen LogP contribution in [0.25, 0.3) is 94.3 Å². The summed E-state index contributed by atoms with van der Waals surface area (Å²) in [5.74, 6) is 0. The van der Waals surface area contributed by atoms with Gasteiger partial charge in [0.1, 0.15) is 0 Å². The molecule has 4 heteroatoms. The van der Waals surface area contributed by atoms with Crippen molar-refractivity contribution < 1.29 is 42.5 Å². The lowest BCUT2D eigenvalue weighted by atomic mass is 9.33. The van der Waals surface area contributed by atoms with Gasteiger partial charge in [0.2, 0.25) is 0 Å². The van der Waals surface area contributed by atoms with Crippen LogP contribution in [-0.4, -0.2) is 11.3 Å². The molecule has 3 nitrogen and oxygen atoms in total. The molecule has 0 radical (unpaired) electrons. The van der Waals surface area contributed by atoms with Crippen LogP contribution in [0.5, 0.6) is 0 Å². The van der Waals surface area contributed by atoms with E-state index in [4.69, 9.17) is 1.37 Å². The maximum absolute atomic E-state index is 11.9. The second-order valence-electron chi connectivity index (χ2n) is 43.6. The van der Waals surface area contributed by atoms with Crippen LogP contribution in [0.4, 0.5) is 34.1 Å². The van der Waals surface area contributed by atoms with Crippen molar-refractivity contribution in [3.8, 4) is 72.4 Å². The van der Waals surface area contributed by atoms with E-state index in [0.29, 0.717) is 11.1 Å². The van der Waals surface area contributed by atoms with Crippen molar-refractivity contribution >= 4 is 79.0 Å². The third-order valence-electron chi connectivity index (χ3n) is 23.5. The molecule has 122 heavy (non-hydrogen) atoms. The van der Waals surface area contributed by atoms with Gasteiger partial charge in [-0.2, -0.15) is 0 Å². The smallest absolute Gasteiger partial charge is 0.252 e. The fourth-order valence-corrected chi connectivity index (χ4v) is 16.6. The lowest BCUT2D eigenvalue weighted by Gasteiger charge is -2.46. The molecule has 16 rings (SSSR count). The second-order valence-corrected chi connectivity index (χ2v) is 43.6. The predicted octanol–water partition coefficient (Wildman–Crippen LogP) is 31.8. The number of hydrogen-bond acceptors (Lipinski definition) is 2. The highest BCUT2D eigenvalue weighted by atomic mass is 15.2. The Labute approximate surface area is 776 Å². The van der Waals surface area contributed by atoms with Gasteiger partial charge >= 0.3 is 0 Å². The molecule has 0 bridgehead atoms. The Morgan fingerprint density at radius 1 is 0.246 bits per heavy atom. The zero-order valence-electron chi connectivity index (χ0n) is 108. The van der Waals surface area contributed by atoms with E-state index < -0.39 is 292 Å². The van der Waals surface area contributed by atoms with Gasteiger partial charge in [0.15, 0.2) is 0 Å². The molecule has 0 saturated carbocycles. The van der Waals surface area contributed by atoms with E-state index in [0.717, 1.165) is 11.1 Å². The molecular weight excluding hydrogens is 1470 g/mol. The molecule has 3 heterocycles. The highest BCUT2D eigenvalue weighted by Gasteiger charge is 2.48. The Morgan fingerprint density at radius 2 is 0.623 bits per heavy atom. The predicted molar refractivity (Wildman–Crippen MR) is 534 cm³/mol. The average molecular weight is 1630 g/mol. The van der Waals surface area contributed by atoms with Gasteiger partial charge in [0.05, 0.1) is 70.6 Å². The van der Waals surface area contributed by atoms with Gasteiger partial charge in [-0.25, -0.2) is 0 Å². The number of anilines is 6. The van der Waals surface area contributed by atoms with Gasteiger partial charge in [0, 0.05) is 55.8 Å². The van der Waals surface area contributed by atoms with E-state index in [1.165, 1.54) is 16.7 Å². The Kier molecular flexibility index (Phi) is 13.2. The van der Waals surface area contributed by atoms with Crippen LogP contribution in [0.3, 0.4) is 0 Å². The van der Waals surface area contributed by atoms with Crippen LogP contribution in [0, 0.1) is 0 Å². The zero-order chi connectivity index (χ0) is 115. The summed E-state index contributed by atoms with van der Waals surface area (Å²) < 4.78 is 328. The van der Waals surface area contributed by atoms with Crippen molar-refractivity contribution in [1.82, 2.24) is 4.57 Å². The zero-order valence-corrected chi connectivity index (χ0v) is 76.8. The molecule has 0 aliphatic carbocycles. The summed E-state index contributed by atoms with van der Waals surface area (Å²) in [5.41, 5.74) is -14.2. The van der Waals surface area contributed by atoms with E-state index >= 15 is 0 Å². The first-order valence-electron chi connectivity index (χ1n) is 58.0.